The van der Waals surface area contributed by atoms with E-state index in [9.17, 15) is 14.9 Å². The van der Waals surface area contributed by atoms with E-state index in [0.29, 0.717) is 0 Å². The van der Waals surface area contributed by atoms with Crippen molar-refractivity contribution in [1.82, 2.24) is 4.90 Å². The van der Waals surface area contributed by atoms with E-state index < -0.39 is 4.92 Å². The zero-order valence-electron chi connectivity index (χ0n) is 8.34. The Balaban J connectivity index is 2.73. The van der Waals surface area contributed by atoms with E-state index >= 15 is 0 Å². The van der Waals surface area contributed by atoms with Crippen molar-refractivity contribution in [1.29, 1.82) is 0 Å². The molecule has 6 heteroatoms. The molecule has 1 rings (SSSR count). The predicted octanol–water partition coefficient (Wildman–Crippen LogP) is 1.29. The maximum absolute atomic E-state index is 11.1. The zero-order chi connectivity index (χ0) is 11.4. The molecule has 0 aliphatic heterocycles. The molecule has 0 radical (unpaired) electrons. The summed E-state index contributed by atoms with van der Waals surface area (Å²) in [7, 11) is 3.22. The van der Waals surface area contributed by atoms with Crippen molar-refractivity contribution in [3.8, 4) is 0 Å². The molecular weight excluding hydrogens is 200 g/mol. The number of amides is 1. The molecule has 0 saturated carbocycles. The molecule has 0 aromatic carbocycles. The largest absolute Gasteiger partial charge is 0.433 e. The van der Waals surface area contributed by atoms with Gasteiger partial charge in [-0.3, -0.25) is 14.9 Å². The van der Waals surface area contributed by atoms with Crippen molar-refractivity contribution in [2.75, 3.05) is 14.1 Å². The van der Waals surface area contributed by atoms with Crippen molar-refractivity contribution in [3.63, 3.8) is 0 Å². The minimum absolute atomic E-state index is 0.214. The molecule has 0 N–H and O–H groups in total. The zero-order valence-corrected chi connectivity index (χ0v) is 8.34. The lowest BCUT2D eigenvalue weighted by Crippen LogP contribution is -2.18. The molecule has 0 bridgehead atoms. The van der Waals surface area contributed by atoms with Crippen LogP contribution in [-0.2, 0) is 4.79 Å². The summed E-state index contributed by atoms with van der Waals surface area (Å²) < 4.78 is 4.82. The number of nitrogens with zero attached hydrogens (tertiary/aromatic N) is 2. The van der Waals surface area contributed by atoms with Crippen LogP contribution < -0.4 is 0 Å². The van der Waals surface area contributed by atoms with Crippen molar-refractivity contribution < 1.29 is 14.1 Å². The number of rotatable bonds is 3. The number of carbonyl (C=O) groups excluding carboxylic acids is 1. The maximum Gasteiger partial charge on any atom is 0.433 e. The molecular formula is C9H10N2O4. The summed E-state index contributed by atoms with van der Waals surface area (Å²) >= 11 is 0. The first kappa shape index (κ1) is 11.0. The van der Waals surface area contributed by atoms with Crippen LogP contribution in [0.15, 0.2) is 22.6 Å². The molecule has 80 valence electrons. The van der Waals surface area contributed by atoms with Gasteiger partial charge in [-0.2, -0.15) is 0 Å². The van der Waals surface area contributed by atoms with Gasteiger partial charge >= 0.3 is 5.88 Å². The van der Waals surface area contributed by atoms with E-state index in [-0.39, 0.29) is 17.6 Å². The third-order valence-electron chi connectivity index (χ3n) is 1.62. The van der Waals surface area contributed by atoms with Gasteiger partial charge in [0, 0.05) is 20.2 Å². The Hall–Kier alpha value is -2.11. The number of carbonyl (C=O) groups is 1. The minimum atomic E-state index is -0.634. The normalized spacial score (nSPS) is 10.5. The van der Waals surface area contributed by atoms with Crippen molar-refractivity contribution in [3.05, 3.63) is 34.1 Å². The van der Waals surface area contributed by atoms with Crippen LogP contribution in [0.4, 0.5) is 5.88 Å². The summed E-state index contributed by atoms with van der Waals surface area (Å²) in [5, 5.41) is 10.3. The fourth-order valence-corrected chi connectivity index (χ4v) is 0.832. The molecule has 0 spiro atoms. The number of hydrogen-bond donors (Lipinski definition) is 0. The van der Waals surface area contributed by atoms with Gasteiger partial charge in [0.1, 0.15) is 10.7 Å². The number of hydrogen-bond acceptors (Lipinski definition) is 4. The fourth-order valence-electron chi connectivity index (χ4n) is 0.832. The first-order chi connectivity index (χ1) is 7.00. The molecule has 0 saturated heterocycles. The van der Waals surface area contributed by atoms with Gasteiger partial charge in [-0.25, -0.2) is 0 Å². The van der Waals surface area contributed by atoms with E-state index in [1.54, 1.807) is 14.1 Å². The van der Waals surface area contributed by atoms with E-state index in [1.165, 1.54) is 29.2 Å². The quantitative estimate of drug-likeness (QED) is 0.428. The smallest absolute Gasteiger partial charge is 0.401 e. The first-order valence-corrected chi connectivity index (χ1v) is 4.14. The highest BCUT2D eigenvalue weighted by Crippen LogP contribution is 2.16. The third-order valence-corrected chi connectivity index (χ3v) is 1.62. The summed E-state index contributed by atoms with van der Waals surface area (Å²) in [4.78, 5) is 22.1. The summed E-state index contributed by atoms with van der Waals surface area (Å²) in [5.74, 6) is -0.280. The summed E-state index contributed by atoms with van der Waals surface area (Å²) in [6.07, 6.45) is 2.66. The summed E-state index contributed by atoms with van der Waals surface area (Å²) in [5.41, 5.74) is 0. The van der Waals surface area contributed by atoms with Crippen LogP contribution in [0.2, 0.25) is 0 Å². The van der Waals surface area contributed by atoms with Crippen LogP contribution in [-0.4, -0.2) is 29.8 Å². The second-order valence-corrected chi connectivity index (χ2v) is 3.00. The maximum atomic E-state index is 11.1. The second-order valence-electron chi connectivity index (χ2n) is 3.00. The molecule has 0 unspecified atom stereocenters. The Morgan fingerprint density at radius 1 is 1.53 bits per heavy atom. The van der Waals surface area contributed by atoms with E-state index in [2.05, 4.69) is 0 Å². The van der Waals surface area contributed by atoms with Crippen LogP contribution >= 0.6 is 0 Å². The molecule has 1 amide bonds. The van der Waals surface area contributed by atoms with Gasteiger partial charge in [0.2, 0.25) is 5.91 Å². The van der Waals surface area contributed by atoms with Gasteiger partial charge in [0.15, 0.2) is 0 Å². The van der Waals surface area contributed by atoms with Gasteiger partial charge in [0.25, 0.3) is 0 Å². The highest BCUT2D eigenvalue weighted by molar-refractivity contribution is 5.91. The van der Waals surface area contributed by atoms with E-state index in [1.807, 2.05) is 0 Å². The molecule has 15 heavy (non-hydrogen) atoms. The molecule has 6 nitrogen and oxygen atoms in total. The monoisotopic (exact) mass is 210 g/mol. The molecule has 1 aromatic heterocycles. The van der Waals surface area contributed by atoms with Gasteiger partial charge in [-0.15, -0.1) is 0 Å². The van der Waals surface area contributed by atoms with E-state index in [0.717, 1.165) is 0 Å². The highest BCUT2D eigenvalue weighted by atomic mass is 16.6. The lowest BCUT2D eigenvalue weighted by molar-refractivity contribution is -0.402. The molecule has 0 fully saturated rings. The van der Waals surface area contributed by atoms with Crippen molar-refractivity contribution in [2.24, 2.45) is 0 Å². The summed E-state index contributed by atoms with van der Waals surface area (Å²) in [6, 6.07) is 2.66. The van der Waals surface area contributed by atoms with Gasteiger partial charge in [-0.1, -0.05) is 0 Å². The Kier molecular flexibility index (Phi) is 3.22. The van der Waals surface area contributed by atoms with Crippen molar-refractivity contribution in [2.45, 2.75) is 0 Å². The van der Waals surface area contributed by atoms with Gasteiger partial charge in [0.05, 0.1) is 6.07 Å². The number of nitro groups is 1. The van der Waals surface area contributed by atoms with Crippen LogP contribution in [0.3, 0.4) is 0 Å². The Morgan fingerprint density at radius 3 is 2.67 bits per heavy atom. The molecule has 0 aliphatic rings. The van der Waals surface area contributed by atoms with Gasteiger partial charge < -0.3 is 9.32 Å². The Labute approximate surface area is 85.9 Å². The average Bonchev–Trinajstić information content (AvgIpc) is 2.62. The number of furan rings is 1. The van der Waals surface area contributed by atoms with Gasteiger partial charge in [-0.05, 0) is 12.1 Å². The standard InChI is InChI=1S/C9H10N2O4/c1-10(2)8(12)5-3-7-4-6-9(15-7)11(13)14/h3-6H,1-2H3/b5-3+. The lowest BCUT2D eigenvalue weighted by Gasteiger charge is -2.04. The third kappa shape index (κ3) is 2.94. The minimum Gasteiger partial charge on any atom is -0.401 e. The van der Waals surface area contributed by atoms with Crippen molar-refractivity contribution >= 4 is 17.9 Å². The highest BCUT2D eigenvalue weighted by Gasteiger charge is 2.10. The van der Waals surface area contributed by atoms with Crippen LogP contribution in [0, 0.1) is 10.1 Å². The molecule has 0 aliphatic carbocycles. The molecule has 1 heterocycles. The second kappa shape index (κ2) is 4.41. The SMILES string of the molecule is CN(C)C(=O)/C=C/c1ccc([N+](=O)[O-])o1. The fraction of sp³-hybridized carbons (Fsp3) is 0.222. The Bertz CT molecular complexity index is 406. The topological polar surface area (TPSA) is 76.6 Å². The molecule has 0 atom stereocenters. The number of likely N-dealkylation sites (N-methyl/N-ethyl adjacent to an activating group) is 1. The molecule has 1 aromatic rings. The first-order valence-electron chi connectivity index (χ1n) is 4.14. The predicted molar refractivity (Wildman–Crippen MR) is 53.1 cm³/mol. The van der Waals surface area contributed by atoms with E-state index in [4.69, 9.17) is 4.42 Å². The van der Waals surface area contributed by atoms with Crippen LogP contribution in [0.25, 0.3) is 6.08 Å². The van der Waals surface area contributed by atoms with Crippen LogP contribution in [0.1, 0.15) is 5.76 Å². The van der Waals surface area contributed by atoms with Crippen LogP contribution in [0.5, 0.6) is 0 Å². The average molecular weight is 210 g/mol. The Morgan fingerprint density at radius 2 is 2.20 bits per heavy atom. The summed E-state index contributed by atoms with van der Waals surface area (Å²) in [6.45, 7) is 0. The lowest BCUT2D eigenvalue weighted by atomic mass is 10.4.